The topological polar surface area (TPSA) is 24.5 Å². The standard InChI is InChI=1S/C24H34N2O/c1-18-15-21(23(24(3,4)5)26-13-11-25-12-14-26)16-19(2)22(18)27-17-20-9-7-6-8-10-20/h6-10,15-16,23,25H,11-14,17H2,1-5H3/t23-/m1/s1. The Morgan fingerprint density at radius 2 is 1.59 bits per heavy atom. The lowest BCUT2D eigenvalue weighted by Gasteiger charge is -2.43. The van der Waals surface area contributed by atoms with Gasteiger partial charge in [-0.15, -0.1) is 0 Å². The van der Waals surface area contributed by atoms with E-state index < -0.39 is 0 Å². The molecular formula is C24H34N2O. The van der Waals surface area contributed by atoms with Gasteiger partial charge in [0, 0.05) is 32.2 Å². The third-order valence-electron chi connectivity index (χ3n) is 5.36. The van der Waals surface area contributed by atoms with Gasteiger partial charge in [-0.1, -0.05) is 63.2 Å². The summed E-state index contributed by atoms with van der Waals surface area (Å²) in [6.45, 7) is 16.4. The molecule has 1 N–H and O–H groups in total. The van der Waals surface area contributed by atoms with E-state index in [2.05, 4.69) is 81.2 Å². The highest BCUT2D eigenvalue weighted by Gasteiger charge is 2.33. The monoisotopic (exact) mass is 366 g/mol. The van der Waals surface area contributed by atoms with Crippen LogP contribution in [0, 0.1) is 19.3 Å². The molecule has 0 aromatic heterocycles. The molecule has 2 aromatic carbocycles. The van der Waals surface area contributed by atoms with Gasteiger partial charge in [0.05, 0.1) is 0 Å². The van der Waals surface area contributed by atoms with Crippen LogP contribution in [0.25, 0.3) is 0 Å². The van der Waals surface area contributed by atoms with Gasteiger partial charge in [0.2, 0.25) is 0 Å². The Hall–Kier alpha value is -1.84. The number of nitrogens with one attached hydrogen (secondary N) is 1. The number of piperazine rings is 1. The van der Waals surface area contributed by atoms with Crippen molar-refractivity contribution in [2.45, 2.75) is 47.3 Å². The molecule has 3 nitrogen and oxygen atoms in total. The first-order valence-electron chi connectivity index (χ1n) is 10.1. The largest absolute Gasteiger partial charge is 0.488 e. The average molecular weight is 367 g/mol. The number of hydrogen-bond acceptors (Lipinski definition) is 3. The zero-order valence-corrected chi connectivity index (χ0v) is 17.5. The smallest absolute Gasteiger partial charge is 0.125 e. The zero-order valence-electron chi connectivity index (χ0n) is 17.5. The van der Waals surface area contributed by atoms with Gasteiger partial charge in [-0.2, -0.15) is 0 Å². The van der Waals surface area contributed by atoms with E-state index in [1.54, 1.807) is 0 Å². The van der Waals surface area contributed by atoms with E-state index in [1.807, 2.05) is 6.07 Å². The van der Waals surface area contributed by atoms with Gasteiger partial charge in [-0.3, -0.25) is 4.90 Å². The fourth-order valence-corrected chi connectivity index (χ4v) is 4.30. The van der Waals surface area contributed by atoms with Crippen LogP contribution in [0.3, 0.4) is 0 Å². The second kappa shape index (κ2) is 8.45. The highest BCUT2D eigenvalue weighted by atomic mass is 16.5. The van der Waals surface area contributed by atoms with Crippen molar-refractivity contribution in [2.24, 2.45) is 5.41 Å². The lowest BCUT2D eigenvalue weighted by atomic mass is 9.80. The van der Waals surface area contributed by atoms with Crippen molar-refractivity contribution in [1.29, 1.82) is 0 Å². The van der Waals surface area contributed by atoms with E-state index in [0.717, 1.165) is 31.9 Å². The summed E-state index contributed by atoms with van der Waals surface area (Å²) in [5.74, 6) is 1.02. The molecule has 2 aromatic rings. The van der Waals surface area contributed by atoms with Crippen molar-refractivity contribution in [2.75, 3.05) is 26.2 Å². The van der Waals surface area contributed by atoms with Crippen LogP contribution < -0.4 is 10.1 Å². The maximum atomic E-state index is 6.20. The molecule has 27 heavy (non-hydrogen) atoms. The molecule has 0 aliphatic carbocycles. The Labute approximate surface area is 164 Å². The molecule has 1 aliphatic heterocycles. The molecule has 0 spiro atoms. The quantitative estimate of drug-likeness (QED) is 0.817. The van der Waals surface area contributed by atoms with E-state index in [-0.39, 0.29) is 5.41 Å². The van der Waals surface area contributed by atoms with Crippen molar-refractivity contribution >= 4 is 0 Å². The normalized spacial score (nSPS) is 16.9. The summed E-state index contributed by atoms with van der Waals surface area (Å²) < 4.78 is 6.20. The number of nitrogens with zero attached hydrogens (tertiary/aromatic N) is 1. The minimum absolute atomic E-state index is 0.183. The lowest BCUT2D eigenvalue weighted by Crippen LogP contribution is -2.48. The molecule has 1 fully saturated rings. The molecule has 1 aliphatic rings. The molecule has 0 unspecified atom stereocenters. The maximum Gasteiger partial charge on any atom is 0.125 e. The molecular weight excluding hydrogens is 332 g/mol. The summed E-state index contributed by atoms with van der Waals surface area (Å²) in [6.07, 6.45) is 0. The summed E-state index contributed by atoms with van der Waals surface area (Å²) in [5, 5.41) is 3.47. The van der Waals surface area contributed by atoms with Gasteiger partial charge in [0.15, 0.2) is 0 Å². The Kier molecular flexibility index (Phi) is 6.23. The van der Waals surface area contributed by atoms with Crippen molar-refractivity contribution in [1.82, 2.24) is 10.2 Å². The minimum Gasteiger partial charge on any atom is -0.488 e. The second-order valence-corrected chi connectivity index (χ2v) is 8.81. The van der Waals surface area contributed by atoms with Gasteiger partial charge in [-0.05, 0) is 41.5 Å². The van der Waals surface area contributed by atoms with Crippen LogP contribution in [0.5, 0.6) is 5.75 Å². The fourth-order valence-electron chi connectivity index (χ4n) is 4.30. The highest BCUT2D eigenvalue weighted by molar-refractivity contribution is 5.45. The van der Waals surface area contributed by atoms with Crippen LogP contribution >= 0.6 is 0 Å². The Morgan fingerprint density at radius 3 is 2.15 bits per heavy atom. The van der Waals surface area contributed by atoms with Crippen molar-refractivity contribution in [3.63, 3.8) is 0 Å². The highest BCUT2D eigenvalue weighted by Crippen LogP contribution is 2.40. The van der Waals surface area contributed by atoms with Crippen LogP contribution in [0.4, 0.5) is 0 Å². The van der Waals surface area contributed by atoms with Crippen LogP contribution in [0.2, 0.25) is 0 Å². The number of rotatable bonds is 5. The summed E-state index contributed by atoms with van der Waals surface area (Å²) >= 11 is 0. The molecule has 3 heteroatoms. The lowest BCUT2D eigenvalue weighted by molar-refractivity contribution is 0.0861. The Balaban J connectivity index is 1.85. The SMILES string of the molecule is Cc1cc([C@@H](N2CCNCC2)C(C)(C)C)cc(C)c1OCc1ccccc1. The molecule has 1 saturated heterocycles. The molecule has 0 bridgehead atoms. The van der Waals surface area contributed by atoms with E-state index in [0.29, 0.717) is 12.6 Å². The summed E-state index contributed by atoms with van der Waals surface area (Å²) in [5.41, 5.74) is 5.25. The third kappa shape index (κ3) is 4.91. The van der Waals surface area contributed by atoms with E-state index >= 15 is 0 Å². The molecule has 0 amide bonds. The average Bonchev–Trinajstić information content (AvgIpc) is 2.62. The van der Waals surface area contributed by atoms with E-state index in [4.69, 9.17) is 4.74 Å². The van der Waals surface area contributed by atoms with Crippen LogP contribution in [-0.4, -0.2) is 31.1 Å². The van der Waals surface area contributed by atoms with Crippen molar-refractivity contribution in [3.8, 4) is 5.75 Å². The van der Waals surface area contributed by atoms with Gasteiger partial charge in [0.25, 0.3) is 0 Å². The van der Waals surface area contributed by atoms with Gasteiger partial charge < -0.3 is 10.1 Å². The summed E-state index contributed by atoms with van der Waals surface area (Å²) in [7, 11) is 0. The molecule has 0 radical (unpaired) electrons. The van der Waals surface area contributed by atoms with Gasteiger partial charge >= 0.3 is 0 Å². The second-order valence-electron chi connectivity index (χ2n) is 8.81. The zero-order chi connectivity index (χ0) is 19.4. The predicted molar refractivity (Wildman–Crippen MR) is 113 cm³/mol. The molecule has 3 rings (SSSR count). The molecule has 146 valence electrons. The Morgan fingerprint density at radius 1 is 1.00 bits per heavy atom. The first-order chi connectivity index (χ1) is 12.9. The maximum absolute atomic E-state index is 6.20. The van der Waals surface area contributed by atoms with Crippen LogP contribution in [-0.2, 0) is 6.61 Å². The molecule has 1 heterocycles. The van der Waals surface area contributed by atoms with E-state index in [9.17, 15) is 0 Å². The third-order valence-corrected chi connectivity index (χ3v) is 5.36. The van der Waals surface area contributed by atoms with Crippen molar-refractivity contribution < 1.29 is 4.74 Å². The van der Waals surface area contributed by atoms with Gasteiger partial charge in [-0.25, -0.2) is 0 Å². The number of hydrogen-bond donors (Lipinski definition) is 1. The summed E-state index contributed by atoms with van der Waals surface area (Å²) in [6, 6.07) is 15.5. The molecule has 0 saturated carbocycles. The summed E-state index contributed by atoms with van der Waals surface area (Å²) in [4.78, 5) is 2.63. The van der Waals surface area contributed by atoms with E-state index in [1.165, 1.54) is 22.3 Å². The number of aryl methyl sites for hydroxylation is 2. The minimum atomic E-state index is 0.183. The fraction of sp³-hybridized carbons (Fsp3) is 0.500. The van der Waals surface area contributed by atoms with Crippen LogP contribution in [0.1, 0.15) is 49.1 Å². The predicted octanol–water partition coefficient (Wildman–Crippen LogP) is 4.87. The van der Waals surface area contributed by atoms with Crippen LogP contribution in [0.15, 0.2) is 42.5 Å². The molecule has 1 atom stereocenters. The van der Waals surface area contributed by atoms with Gasteiger partial charge in [0.1, 0.15) is 12.4 Å². The first-order valence-corrected chi connectivity index (χ1v) is 10.1. The Bertz CT molecular complexity index is 720. The van der Waals surface area contributed by atoms with Crippen molar-refractivity contribution in [3.05, 3.63) is 64.7 Å². The number of ether oxygens (including phenoxy) is 1. The first kappa shape index (κ1) is 19.9. The number of benzene rings is 2.